The molecule has 0 radical (unpaired) electrons. The lowest BCUT2D eigenvalue weighted by molar-refractivity contribution is -0.132. The number of halogens is 1. The van der Waals surface area contributed by atoms with Crippen molar-refractivity contribution in [3.05, 3.63) is 93.5 Å². The van der Waals surface area contributed by atoms with Gasteiger partial charge in [0.05, 0.1) is 35.9 Å². The van der Waals surface area contributed by atoms with Crippen LogP contribution in [0, 0.1) is 13.8 Å². The standard InChI is InChI=1S/C28H26ClNO5/c1-5-35-20-11-9-18(10-12-20)24-23(25(31)21-14-17(3)15-22(29)27(21)34-4)26(32)28(33)30(24)19-8-6-7-16(2)13-19/h6-15,24,31H,5H2,1-4H3/b25-23+. The van der Waals surface area contributed by atoms with Crippen LogP contribution in [-0.4, -0.2) is 30.5 Å². The molecule has 7 heteroatoms. The minimum absolute atomic E-state index is 0.0411. The molecule has 0 aliphatic carbocycles. The molecular formula is C28H26ClNO5. The number of carbonyl (C=O) groups excluding carboxylic acids is 2. The Morgan fingerprint density at radius 3 is 2.37 bits per heavy atom. The molecule has 6 nitrogen and oxygen atoms in total. The first-order valence-corrected chi connectivity index (χ1v) is 11.6. The smallest absolute Gasteiger partial charge is 0.300 e. The van der Waals surface area contributed by atoms with E-state index in [-0.39, 0.29) is 22.6 Å². The summed E-state index contributed by atoms with van der Waals surface area (Å²) >= 11 is 6.36. The van der Waals surface area contributed by atoms with Gasteiger partial charge in [-0.15, -0.1) is 0 Å². The quantitative estimate of drug-likeness (QED) is 0.260. The maximum absolute atomic E-state index is 13.4. The average molecular weight is 492 g/mol. The van der Waals surface area contributed by atoms with E-state index in [0.29, 0.717) is 28.6 Å². The largest absolute Gasteiger partial charge is 0.507 e. The Labute approximate surface area is 209 Å². The van der Waals surface area contributed by atoms with Crippen molar-refractivity contribution in [2.75, 3.05) is 18.6 Å². The zero-order valence-corrected chi connectivity index (χ0v) is 20.7. The summed E-state index contributed by atoms with van der Waals surface area (Å²) in [6, 6.07) is 17.0. The highest BCUT2D eigenvalue weighted by Gasteiger charge is 2.47. The number of rotatable bonds is 6. The predicted molar refractivity (Wildman–Crippen MR) is 136 cm³/mol. The number of nitrogens with zero attached hydrogens (tertiary/aromatic N) is 1. The fourth-order valence-corrected chi connectivity index (χ4v) is 4.71. The zero-order valence-electron chi connectivity index (χ0n) is 20.0. The number of aryl methyl sites for hydroxylation is 2. The van der Waals surface area contributed by atoms with Gasteiger partial charge in [-0.3, -0.25) is 14.5 Å². The molecule has 4 rings (SSSR count). The Kier molecular flexibility index (Phi) is 6.85. The first-order chi connectivity index (χ1) is 16.8. The van der Waals surface area contributed by atoms with E-state index >= 15 is 0 Å². The van der Waals surface area contributed by atoms with Crippen LogP contribution in [0.4, 0.5) is 5.69 Å². The maximum Gasteiger partial charge on any atom is 0.300 e. The summed E-state index contributed by atoms with van der Waals surface area (Å²) < 4.78 is 11.0. The van der Waals surface area contributed by atoms with Crippen molar-refractivity contribution in [3.8, 4) is 11.5 Å². The topological polar surface area (TPSA) is 76.1 Å². The summed E-state index contributed by atoms with van der Waals surface area (Å²) in [5.41, 5.74) is 3.11. The third kappa shape index (κ3) is 4.49. The first-order valence-electron chi connectivity index (χ1n) is 11.2. The van der Waals surface area contributed by atoms with Gasteiger partial charge in [-0.05, 0) is 73.9 Å². The zero-order chi connectivity index (χ0) is 25.3. The Bertz CT molecular complexity index is 1330. The molecule has 1 amide bonds. The Hall–Kier alpha value is -3.77. The fraction of sp³-hybridized carbons (Fsp3) is 0.214. The highest BCUT2D eigenvalue weighted by atomic mass is 35.5. The molecule has 1 aliphatic rings. The molecule has 0 spiro atoms. The third-order valence-electron chi connectivity index (χ3n) is 5.88. The second-order valence-corrected chi connectivity index (χ2v) is 8.74. The summed E-state index contributed by atoms with van der Waals surface area (Å²) in [5, 5.41) is 11.8. The Morgan fingerprint density at radius 1 is 1.03 bits per heavy atom. The lowest BCUT2D eigenvalue weighted by Crippen LogP contribution is -2.29. The van der Waals surface area contributed by atoms with Crippen molar-refractivity contribution in [3.63, 3.8) is 0 Å². The van der Waals surface area contributed by atoms with Gasteiger partial charge in [0, 0.05) is 5.69 Å². The number of hydrogen-bond acceptors (Lipinski definition) is 5. The van der Waals surface area contributed by atoms with Crippen molar-refractivity contribution in [1.29, 1.82) is 0 Å². The molecule has 1 N–H and O–H groups in total. The lowest BCUT2D eigenvalue weighted by Gasteiger charge is -2.26. The molecule has 3 aromatic rings. The summed E-state index contributed by atoms with van der Waals surface area (Å²) in [7, 11) is 1.43. The van der Waals surface area contributed by atoms with Crippen LogP contribution in [0.15, 0.2) is 66.2 Å². The van der Waals surface area contributed by atoms with Crippen LogP contribution >= 0.6 is 11.6 Å². The molecular weight excluding hydrogens is 466 g/mol. The molecule has 180 valence electrons. The van der Waals surface area contributed by atoms with Gasteiger partial charge >= 0.3 is 0 Å². The van der Waals surface area contributed by atoms with Crippen LogP contribution in [0.5, 0.6) is 11.5 Å². The van der Waals surface area contributed by atoms with E-state index in [9.17, 15) is 14.7 Å². The van der Waals surface area contributed by atoms with Crippen LogP contribution < -0.4 is 14.4 Å². The number of ether oxygens (including phenoxy) is 2. The van der Waals surface area contributed by atoms with Crippen molar-refractivity contribution >= 4 is 34.7 Å². The Morgan fingerprint density at radius 2 is 1.74 bits per heavy atom. The molecule has 0 saturated carbocycles. The van der Waals surface area contributed by atoms with E-state index in [4.69, 9.17) is 21.1 Å². The van der Waals surface area contributed by atoms with Crippen LogP contribution in [0.2, 0.25) is 5.02 Å². The summed E-state index contributed by atoms with van der Waals surface area (Å²) in [5.74, 6) is -0.978. The predicted octanol–water partition coefficient (Wildman–Crippen LogP) is 5.99. The van der Waals surface area contributed by atoms with Gasteiger partial charge in [0.1, 0.15) is 17.3 Å². The molecule has 1 heterocycles. The molecule has 1 unspecified atom stereocenters. The highest BCUT2D eigenvalue weighted by Crippen LogP contribution is 2.44. The molecule has 0 aromatic heterocycles. The van der Waals surface area contributed by atoms with Crippen LogP contribution in [0.25, 0.3) is 5.76 Å². The van der Waals surface area contributed by atoms with Gasteiger partial charge < -0.3 is 14.6 Å². The van der Waals surface area contributed by atoms with Gasteiger partial charge in [-0.2, -0.15) is 0 Å². The second kappa shape index (κ2) is 9.84. The number of benzene rings is 3. The van der Waals surface area contributed by atoms with Gasteiger partial charge in [0.2, 0.25) is 0 Å². The first kappa shape index (κ1) is 24.4. The van der Waals surface area contributed by atoms with E-state index in [1.165, 1.54) is 12.0 Å². The molecule has 1 atom stereocenters. The number of aliphatic hydroxyl groups is 1. The normalized spacial score (nSPS) is 17.1. The van der Waals surface area contributed by atoms with Crippen LogP contribution in [-0.2, 0) is 9.59 Å². The van der Waals surface area contributed by atoms with Crippen molar-refractivity contribution < 1.29 is 24.2 Å². The molecule has 35 heavy (non-hydrogen) atoms. The molecule has 1 saturated heterocycles. The maximum atomic E-state index is 13.4. The number of methoxy groups -OCH3 is 1. The minimum Gasteiger partial charge on any atom is -0.507 e. The molecule has 1 aliphatic heterocycles. The van der Waals surface area contributed by atoms with Crippen LogP contribution in [0.1, 0.15) is 35.2 Å². The minimum atomic E-state index is -0.864. The summed E-state index contributed by atoms with van der Waals surface area (Å²) in [6.45, 7) is 6.12. The highest BCUT2D eigenvalue weighted by molar-refractivity contribution is 6.51. The van der Waals surface area contributed by atoms with Crippen LogP contribution in [0.3, 0.4) is 0 Å². The Balaban J connectivity index is 1.98. The average Bonchev–Trinajstić information content (AvgIpc) is 3.09. The van der Waals surface area contributed by atoms with E-state index in [0.717, 1.165) is 11.1 Å². The molecule has 0 bridgehead atoms. The van der Waals surface area contributed by atoms with E-state index in [2.05, 4.69) is 0 Å². The van der Waals surface area contributed by atoms with Gasteiger partial charge in [-0.1, -0.05) is 35.9 Å². The summed E-state index contributed by atoms with van der Waals surface area (Å²) in [4.78, 5) is 28.2. The molecule has 1 fully saturated rings. The number of anilines is 1. The van der Waals surface area contributed by atoms with E-state index < -0.39 is 17.7 Å². The SMILES string of the molecule is CCOc1ccc(C2/C(=C(\O)c3cc(C)cc(Cl)c3OC)C(=O)C(=O)N2c2cccc(C)c2)cc1. The number of carbonyl (C=O) groups is 2. The number of aliphatic hydroxyl groups excluding tert-OH is 1. The van der Waals surface area contributed by atoms with Crippen molar-refractivity contribution in [2.45, 2.75) is 26.8 Å². The van der Waals surface area contributed by atoms with Crippen molar-refractivity contribution in [1.82, 2.24) is 0 Å². The summed E-state index contributed by atoms with van der Waals surface area (Å²) in [6.07, 6.45) is 0. The third-order valence-corrected chi connectivity index (χ3v) is 6.16. The van der Waals surface area contributed by atoms with E-state index in [1.54, 1.807) is 42.5 Å². The fourth-order valence-electron chi connectivity index (χ4n) is 4.36. The number of hydrogen-bond donors (Lipinski definition) is 1. The van der Waals surface area contributed by atoms with E-state index in [1.807, 2.05) is 39.0 Å². The number of Topliss-reactive ketones (excluding diaryl/α,β-unsaturated/α-hetero) is 1. The van der Waals surface area contributed by atoms with Gasteiger partial charge in [0.25, 0.3) is 11.7 Å². The monoisotopic (exact) mass is 491 g/mol. The van der Waals surface area contributed by atoms with Gasteiger partial charge in [-0.25, -0.2) is 0 Å². The van der Waals surface area contributed by atoms with Gasteiger partial charge in [0.15, 0.2) is 0 Å². The molecule has 3 aromatic carbocycles. The second-order valence-electron chi connectivity index (χ2n) is 8.34. The number of ketones is 1. The van der Waals surface area contributed by atoms with Crippen molar-refractivity contribution in [2.24, 2.45) is 0 Å². The number of amides is 1. The lowest BCUT2D eigenvalue weighted by atomic mass is 9.94.